The fourth-order valence-corrected chi connectivity index (χ4v) is 3.28. The van der Waals surface area contributed by atoms with Crippen molar-refractivity contribution in [3.8, 4) is 5.75 Å². The molecule has 1 N–H and O–H groups in total. The number of aromatic nitrogens is 1. The maximum Gasteiger partial charge on any atom is 0.169 e. The molecule has 1 aliphatic rings. The van der Waals surface area contributed by atoms with Gasteiger partial charge in [0.05, 0.1) is 24.7 Å². The van der Waals surface area contributed by atoms with Crippen LogP contribution < -0.4 is 10.1 Å². The van der Waals surface area contributed by atoms with Gasteiger partial charge in [-0.3, -0.25) is 4.98 Å². The zero-order chi connectivity index (χ0) is 15.6. The van der Waals surface area contributed by atoms with Gasteiger partial charge in [-0.25, -0.2) is 0 Å². The molecule has 118 valence electrons. The third-order valence-corrected chi connectivity index (χ3v) is 4.40. The summed E-state index contributed by atoms with van der Waals surface area (Å²) in [5.74, 6) is 1.64. The first-order chi connectivity index (χ1) is 11.3. The summed E-state index contributed by atoms with van der Waals surface area (Å²) in [5, 5.41) is 4.42. The molecular weight excluding hydrogens is 288 g/mol. The van der Waals surface area contributed by atoms with Crippen LogP contribution in [0.15, 0.2) is 40.8 Å². The molecule has 23 heavy (non-hydrogen) atoms. The molecule has 2 aromatic heterocycles. The number of nitrogens with zero attached hydrogens (tertiary/aromatic N) is 1. The summed E-state index contributed by atoms with van der Waals surface area (Å²) in [6.45, 7) is 1.35. The van der Waals surface area contributed by atoms with Gasteiger partial charge in [0.1, 0.15) is 5.58 Å². The highest BCUT2D eigenvalue weighted by molar-refractivity contribution is 5.85. The number of aryl methyl sites for hydroxylation is 2. The highest BCUT2D eigenvalue weighted by atomic mass is 16.5. The zero-order valence-electron chi connectivity index (χ0n) is 13.3. The van der Waals surface area contributed by atoms with Gasteiger partial charge in [-0.2, -0.15) is 0 Å². The smallest absolute Gasteiger partial charge is 0.169 e. The predicted octanol–water partition coefficient (Wildman–Crippen LogP) is 3.61. The van der Waals surface area contributed by atoms with Gasteiger partial charge in [0.25, 0.3) is 0 Å². The molecule has 0 aliphatic heterocycles. The highest BCUT2D eigenvalue weighted by Crippen LogP contribution is 2.32. The Morgan fingerprint density at radius 3 is 2.96 bits per heavy atom. The van der Waals surface area contributed by atoms with Gasteiger partial charge < -0.3 is 14.5 Å². The summed E-state index contributed by atoms with van der Waals surface area (Å²) in [5.41, 5.74) is 4.62. The van der Waals surface area contributed by atoms with E-state index in [1.165, 1.54) is 24.1 Å². The lowest BCUT2D eigenvalue weighted by atomic mass is 10.2. The van der Waals surface area contributed by atoms with Gasteiger partial charge in [0, 0.05) is 12.2 Å². The van der Waals surface area contributed by atoms with E-state index in [9.17, 15) is 0 Å². The lowest BCUT2D eigenvalue weighted by Crippen LogP contribution is -2.14. The zero-order valence-corrected chi connectivity index (χ0v) is 13.3. The van der Waals surface area contributed by atoms with Crippen LogP contribution in [-0.2, 0) is 25.9 Å². The number of fused-ring (bicyclic) bond motifs is 2. The molecule has 0 atom stereocenters. The number of para-hydroxylation sites is 1. The number of pyridine rings is 1. The maximum absolute atomic E-state index is 5.89. The molecule has 0 saturated heterocycles. The van der Waals surface area contributed by atoms with Crippen molar-refractivity contribution >= 4 is 11.0 Å². The molecule has 0 unspecified atom stereocenters. The first-order valence-corrected chi connectivity index (χ1v) is 8.08. The van der Waals surface area contributed by atoms with Crippen molar-refractivity contribution in [2.75, 3.05) is 7.11 Å². The molecule has 0 radical (unpaired) electrons. The molecule has 1 aromatic carbocycles. The Hall–Kier alpha value is -2.33. The average molecular weight is 308 g/mol. The number of furan rings is 1. The molecule has 2 heterocycles. The number of methoxy groups -OCH3 is 1. The Bertz CT molecular complexity index is 839. The lowest BCUT2D eigenvalue weighted by Gasteiger charge is -2.06. The number of hydrogen-bond acceptors (Lipinski definition) is 4. The van der Waals surface area contributed by atoms with Gasteiger partial charge in [-0.1, -0.05) is 18.2 Å². The second-order valence-corrected chi connectivity index (χ2v) is 5.92. The standard InChI is InChI=1S/C19H20N2O2/c1-22-19-15-6-2-3-8-17(15)23-18(19)12-20-11-14-10-9-13-5-4-7-16(13)21-14/h2-3,6,8-10,20H,4-5,7,11-12H2,1H3. The molecule has 0 amide bonds. The van der Waals surface area contributed by atoms with Crippen molar-refractivity contribution in [1.29, 1.82) is 0 Å². The Balaban J connectivity index is 1.47. The topological polar surface area (TPSA) is 47.3 Å². The molecule has 1 aliphatic carbocycles. The second-order valence-electron chi connectivity index (χ2n) is 5.92. The van der Waals surface area contributed by atoms with Crippen LogP contribution in [0, 0.1) is 0 Å². The van der Waals surface area contributed by atoms with Crippen LogP contribution in [0.4, 0.5) is 0 Å². The van der Waals surface area contributed by atoms with E-state index in [1.54, 1.807) is 7.11 Å². The van der Waals surface area contributed by atoms with Gasteiger partial charge in [0.2, 0.25) is 0 Å². The van der Waals surface area contributed by atoms with E-state index in [0.29, 0.717) is 6.54 Å². The van der Waals surface area contributed by atoms with E-state index in [2.05, 4.69) is 17.4 Å². The Labute approximate surface area is 135 Å². The minimum Gasteiger partial charge on any atom is -0.492 e. The molecule has 0 spiro atoms. The van der Waals surface area contributed by atoms with Crippen LogP contribution in [0.25, 0.3) is 11.0 Å². The van der Waals surface area contributed by atoms with Crippen LogP contribution in [0.2, 0.25) is 0 Å². The van der Waals surface area contributed by atoms with E-state index >= 15 is 0 Å². The van der Waals surface area contributed by atoms with Gasteiger partial charge in [0.15, 0.2) is 11.5 Å². The Kier molecular flexibility index (Phi) is 3.75. The molecule has 4 rings (SSSR count). The highest BCUT2D eigenvalue weighted by Gasteiger charge is 2.15. The first-order valence-electron chi connectivity index (χ1n) is 8.08. The largest absolute Gasteiger partial charge is 0.492 e. The SMILES string of the molecule is COc1c(CNCc2ccc3c(n2)CCC3)oc2ccccc12. The Morgan fingerprint density at radius 1 is 1.13 bits per heavy atom. The number of rotatable bonds is 5. The van der Waals surface area contributed by atoms with Crippen LogP contribution in [-0.4, -0.2) is 12.1 Å². The van der Waals surface area contributed by atoms with Crippen molar-refractivity contribution in [2.45, 2.75) is 32.4 Å². The number of hydrogen-bond donors (Lipinski definition) is 1. The number of benzene rings is 1. The third-order valence-electron chi connectivity index (χ3n) is 4.40. The summed E-state index contributed by atoms with van der Waals surface area (Å²) in [4.78, 5) is 4.75. The minimum atomic E-state index is 0.622. The molecule has 0 bridgehead atoms. The van der Waals surface area contributed by atoms with Crippen molar-refractivity contribution in [1.82, 2.24) is 10.3 Å². The quantitative estimate of drug-likeness (QED) is 0.782. The average Bonchev–Trinajstić information content (AvgIpc) is 3.17. The summed E-state index contributed by atoms with van der Waals surface area (Å²) in [7, 11) is 1.68. The van der Waals surface area contributed by atoms with E-state index in [1.807, 2.05) is 24.3 Å². The van der Waals surface area contributed by atoms with Crippen molar-refractivity contribution in [3.05, 3.63) is 59.1 Å². The van der Waals surface area contributed by atoms with Gasteiger partial charge in [-0.15, -0.1) is 0 Å². The fourth-order valence-electron chi connectivity index (χ4n) is 3.28. The molecule has 3 aromatic rings. The monoisotopic (exact) mass is 308 g/mol. The van der Waals surface area contributed by atoms with Crippen LogP contribution in [0.1, 0.15) is 29.1 Å². The summed E-state index contributed by atoms with van der Waals surface area (Å²) < 4.78 is 11.4. The number of ether oxygens (including phenoxy) is 1. The molecule has 0 fully saturated rings. The van der Waals surface area contributed by atoms with Crippen LogP contribution >= 0.6 is 0 Å². The van der Waals surface area contributed by atoms with Gasteiger partial charge >= 0.3 is 0 Å². The van der Waals surface area contributed by atoms with Crippen LogP contribution in [0.5, 0.6) is 5.75 Å². The van der Waals surface area contributed by atoms with Gasteiger partial charge in [-0.05, 0) is 43.0 Å². The first kappa shape index (κ1) is 14.3. The third kappa shape index (κ3) is 2.70. The molecular formula is C19H20N2O2. The summed E-state index contributed by atoms with van der Waals surface area (Å²) in [6.07, 6.45) is 3.52. The van der Waals surface area contributed by atoms with E-state index in [4.69, 9.17) is 14.1 Å². The van der Waals surface area contributed by atoms with Crippen molar-refractivity contribution in [2.24, 2.45) is 0 Å². The second kappa shape index (κ2) is 6.05. The lowest BCUT2D eigenvalue weighted by molar-refractivity contribution is 0.390. The summed E-state index contributed by atoms with van der Waals surface area (Å²) in [6, 6.07) is 12.3. The van der Waals surface area contributed by atoms with Crippen molar-refractivity contribution in [3.63, 3.8) is 0 Å². The van der Waals surface area contributed by atoms with E-state index in [-0.39, 0.29) is 0 Å². The minimum absolute atomic E-state index is 0.622. The molecule has 4 nitrogen and oxygen atoms in total. The normalized spacial score (nSPS) is 13.4. The maximum atomic E-state index is 5.89. The molecule has 0 saturated carbocycles. The Morgan fingerprint density at radius 2 is 2.04 bits per heavy atom. The fraction of sp³-hybridized carbons (Fsp3) is 0.316. The van der Waals surface area contributed by atoms with E-state index in [0.717, 1.165) is 41.1 Å². The van der Waals surface area contributed by atoms with Crippen molar-refractivity contribution < 1.29 is 9.15 Å². The van der Waals surface area contributed by atoms with E-state index < -0.39 is 0 Å². The van der Waals surface area contributed by atoms with Crippen LogP contribution in [0.3, 0.4) is 0 Å². The molecule has 4 heteroatoms. The predicted molar refractivity (Wildman–Crippen MR) is 89.6 cm³/mol. The summed E-state index contributed by atoms with van der Waals surface area (Å²) >= 11 is 0. The number of nitrogens with one attached hydrogen (secondary N) is 1.